The van der Waals surface area contributed by atoms with Gasteiger partial charge in [0, 0.05) is 11.8 Å². The summed E-state index contributed by atoms with van der Waals surface area (Å²) < 4.78 is 45.2. The zero-order valence-corrected chi connectivity index (χ0v) is 11.1. The lowest BCUT2D eigenvalue weighted by atomic mass is 10.1. The zero-order valence-electron chi connectivity index (χ0n) is 10.3. The van der Waals surface area contributed by atoms with Crippen LogP contribution < -0.4 is 10.3 Å². The molecule has 0 radical (unpaired) electrons. The van der Waals surface area contributed by atoms with Gasteiger partial charge in [-0.15, -0.1) is 24.8 Å². The van der Waals surface area contributed by atoms with Gasteiger partial charge in [0.1, 0.15) is 5.75 Å². The Morgan fingerprint density at radius 2 is 2.10 bits per heavy atom. The Balaban J connectivity index is 3.19. The molecular formula is C11H11ClF3NO4. The van der Waals surface area contributed by atoms with Gasteiger partial charge >= 0.3 is 12.3 Å². The molecule has 0 saturated carbocycles. The van der Waals surface area contributed by atoms with Gasteiger partial charge in [0.2, 0.25) is 0 Å². The van der Waals surface area contributed by atoms with E-state index < -0.39 is 35.6 Å². The van der Waals surface area contributed by atoms with Crippen molar-refractivity contribution in [2.24, 2.45) is 0 Å². The molecule has 5 nitrogen and oxygen atoms in total. The molecule has 112 valence electrons. The Kier molecular flexibility index (Phi) is 5.43. The van der Waals surface area contributed by atoms with E-state index in [1.54, 1.807) is 0 Å². The maximum Gasteiger partial charge on any atom is 0.573 e. The van der Waals surface area contributed by atoms with Crippen LogP contribution in [0.25, 0.3) is 0 Å². The Labute approximate surface area is 116 Å². The lowest BCUT2D eigenvalue weighted by Crippen LogP contribution is -2.25. The van der Waals surface area contributed by atoms with Crippen molar-refractivity contribution in [1.29, 1.82) is 0 Å². The third-order valence-corrected chi connectivity index (χ3v) is 2.43. The number of hydrogen-bond donors (Lipinski definition) is 1. The molecule has 1 N–H and O–H groups in total. The van der Waals surface area contributed by atoms with Gasteiger partial charge < -0.3 is 14.5 Å². The van der Waals surface area contributed by atoms with Gasteiger partial charge in [0.25, 0.3) is 5.56 Å². The van der Waals surface area contributed by atoms with Gasteiger partial charge in [-0.05, 0) is 6.92 Å². The highest BCUT2D eigenvalue weighted by atomic mass is 35.5. The minimum atomic E-state index is -4.99. The van der Waals surface area contributed by atoms with Crippen molar-refractivity contribution in [3.05, 3.63) is 27.7 Å². The molecule has 0 amide bonds. The average molecular weight is 314 g/mol. The summed E-state index contributed by atoms with van der Waals surface area (Å²) in [5.74, 6) is -1.79. The first kappa shape index (κ1) is 16.4. The van der Waals surface area contributed by atoms with E-state index >= 15 is 0 Å². The maximum absolute atomic E-state index is 12.3. The SMILES string of the molecule is CCOC(=O)Cc1c(OC(F)(F)F)cc(CCl)[nH]c1=O. The number of ether oxygens (including phenoxy) is 2. The molecule has 1 rings (SSSR count). The summed E-state index contributed by atoms with van der Waals surface area (Å²) in [7, 11) is 0. The van der Waals surface area contributed by atoms with E-state index in [1.807, 2.05) is 0 Å². The summed E-state index contributed by atoms with van der Waals surface area (Å²) in [6.45, 7) is 1.58. The number of alkyl halides is 4. The first-order valence-electron chi connectivity index (χ1n) is 5.49. The van der Waals surface area contributed by atoms with Gasteiger partial charge in [0.15, 0.2) is 0 Å². The smallest absolute Gasteiger partial charge is 0.466 e. The summed E-state index contributed by atoms with van der Waals surface area (Å²) in [6.07, 6.45) is -5.61. The second-order valence-electron chi connectivity index (χ2n) is 3.63. The highest BCUT2D eigenvalue weighted by Gasteiger charge is 2.33. The van der Waals surface area contributed by atoms with Crippen molar-refractivity contribution in [1.82, 2.24) is 4.98 Å². The molecule has 0 bridgehead atoms. The van der Waals surface area contributed by atoms with Crippen LogP contribution in [0.4, 0.5) is 13.2 Å². The fourth-order valence-electron chi connectivity index (χ4n) is 1.43. The number of aromatic nitrogens is 1. The molecule has 0 unspecified atom stereocenters. The van der Waals surface area contributed by atoms with Crippen LogP contribution in [0.1, 0.15) is 18.2 Å². The third kappa shape index (κ3) is 4.76. The molecule has 0 aliphatic heterocycles. The summed E-state index contributed by atoms with van der Waals surface area (Å²) in [6, 6.07) is 0.927. The number of halogens is 4. The number of aromatic amines is 1. The monoisotopic (exact) mass is 313 g/mol. The zero-order chi connectivity index (χ0) is 15.3. The molecule has 20 heavy (non-hydrogen) atoms. The standard InChI is InChI=1S/C11H11ClF3NO4/c1-2-19-9(17)4-7-8(20-11(13,14)15)3-6(5-12)16-10(7)18/h3H,2,4-5H2,1H3,(H,16,18). The molecule has 0 atom stereocenters. The molecule has 0 aliphatic rings. The molecule has 1 heterocycles. The van der Waals surface area contributed by atoms with E-state index in [-0.39, 0.29) is 18.2 Å². The van der Waals surface area contributed by atoms with Crippen molar-refractivity contribution in [3.63, 3.8) is 0 Å². The van der Waals surface area contributed by atoms with Gasteiger partial charge in [-0.1, -0.05) is 0 Å². The number of hydrogen-bond acceptors (Lipinski definition) is 4. The van der Waals surface area contributed by atoms with Gasteiger partial charge in [0.05, 0.1) is 24.5 Å². The van der Waals surface area contributed by atoms with Crippen molar-refractivity contribution < 1.29 is 27.4 Å². The van der Waals surface area contributed by atoms with Crippen molar-refractivity contribution in [2.45, 2.75) is 25.6 Å². The minimum Gasteiger partial charge on any atom is -0.466 e. The fourth-order valence-corrected chi connectivity index (χ4v) is 1.57. The van der Waals surface area contributed by atoms with E-state index in [0.717, 1.165) is 6.07 Å². The summed E-state index contributed by atoms with van der Waals surface area (Å²) in [5, 5.41) is 0. The van der Waals surface area contributed by atoms with Crippen molar-refractivity contribution >= 4 is 17.6 Å². The lowest BCUT2D eigenvalue weighted by Gasteiger charge is -2.13. The second kappa shape index (κ2) is 6.65. The van der Waals surface area contributed by atoms with Crippen LogP contribution in [0.15, 0.2) is 10.9 Å². The van der Waals surface area contributed by atoms with Crippen LogP contribution in [0.5, 0.6) is 5.75 Å². The molecule has 0 aromatic carbocycles. The number of rotatable bonds is 5. The molecule has 1 aromatic rings. The number of carbonyl (C=O) groups is 1. The molecule has 0 fully saturated rings. The molecule has 0 saturated heterocycles. The number of pyridine rings is 1. The second-order valence-corrected chi connectivity index (χ2v) is 3.90. The summed E-state index contributed by atoms with van der Waals surface area (Å²) in [4.78, 5) is 25.2. The Bertz CT molecular complexity index is 541. The third-order valence-electron chi connectivity index (χ3n) is 2.15. The number of H-pyrrole nitrogens is 1. The normalized spacial score (nSPS) is 11.2. The fraction of sp³-hybridized carbons (Fsp3) is 0.455. The summed E-state index contributed by atoms with van der Waals surface area (Å²) in [5.41, 5.74) is -1.30. The Hall–Kier alpha value is -1.70. The first-order chi connectivity index (χ1) is 9.26. The van der Waals surface area contributed by atoms with Crippen LogP contribution in [0.2, 0.25) is 0 Å². The number of carbonyl (C=O) groups excluding carboxylic acids is 1. The van der Waals surface area contributed by atoms with Crippen LogP contribution in [0.3, 0.4) is 0 Å². The average Bonchev–Trinajstić information content (AvgIpc) is 2.31. The molecular weight excluding hydrogens is 303 g/mol. The highest BCUT2D eigenvalue weighted by molar-refractivity contribution is 6.16. The number of esters is 1. The predicted molar refractivity (Wildman–Crippen MR) is 63.6 cm³/mol. The molecule has 0 aliphatic carbocycles. The largest absolute Gasteiger partial charge is 0.573 e. The first-order valence-corrected chi connectivity index (χ1v) is 6.02. The van der Waals surface area contributed by atoms with Crippen LogP contribution in [-0.2, 0) is 21.8 Å². The van der Waals surface area contributed by atoms with Crippen LogP contribution in [0, 0.1) is 0 Å². The maximum atomic E-state index is 12.3. The van der Waals surface area contributed by atoms with Gasteiger partial charge in [-0.3, -0.25) is 9.59 Å². The van der Waals surface area contributed by atoms with E-state index in [2.05, 4.69) is 14.5 Å². The lowest BCUT2D eigenvalue weighted by molar-refractivity contribution is -0.275. The quantitative estimate of drug-likeness (QED) is 0.668. The highest BCUT2D eigenvalue weighted by Crippen LogP contribution is 2.26. The molecule has 9 heteroatoms. The van der Waals surface area contributed by atoms with E-state index in [4.69, 9.17) is 11.6 Å². The topological polar surface area (TPSA) is 68.4 Å². The van der Waals surface area contributed by atoms with Gasteiger partial charge in [-0.25, -0.2) is 0 Å². The Morgan fingerprint density at radius 3 is 2.60 bits per heavy atom. The van der Waals surface area contributed by atoms with E-state index in [9.17, 15) is 22.8 Å². The van der Waals surface area contributed by atoms with Crippen LogP contribution >= 0.6 is 11.6 Å². The number of nitrogens with one attached hydrogen (secondary N) is 1. The van der Waals surface area contributed by atoms with Gasteiger partial charge in [-0.2, -0.15) is 0 Å². The van der Waals surface area contributed by atoms with Crippen molar-refractivity contribution in [2.75, 3.05) is 6.61 Å². The molecule has 1 aromatic heterocycles. The predicted octanol–water partition coefficient (Wildman–Crippen LogP) is 2.12. The van der Waals surface area contributed by atoms with Crippen LogP contribution in [-0.4, -0.2) is 23.9 Å². The van der Waals surface area contributed by atoms with E-state index in [1.165, 1.54) is 6.92 Å². The minimum absolute atomic E-state index is 0.0449. The Morgan fingerprint density at radius 1 is 1.45 bits per heavy atom. The van der Waals surface area contributed by atoms with Crippen molar-refractivity contribution in [3.8, 4) is 5.75 Å². The van der Waals surface area contributed by atoms with E-state index in [0.29, 0.717) is 0 Å². The molecule has 0 spiro atoms. The summed E-state index contributed by atoms with van der Waals surface area (Å²) >= 11 is 5.45.